The highest BCUT2D eigenvalue weighted by molar-refractivity contribution is 7.99. The number of pyridine rings is 1. The zero-order valence-corrected chi connectivity index (χ0v) is 20.1. The van der Waals surface area contributed by atoms with Crippen LogP contribution in [-0.4, -0.2) is 30.3 Å². The van der Waals surface area contributed by atoms with Gasteiger partial charge >= 0.3 is 0 Å². The number of allylic oxidation sites excluding steroid dienone is 1. The molecule has 0 spiro atoms. The number of hydrogen-bond acceptors (Lipinski definition) is 5. The number of ketones is 1. The summed E-state index contributed by atoms with van der Waals surface area (Å²) in [7, 11) is 1.73. The Hall–Kier alpha value is -3.68. The molecule has 34 heavy (non-hydrogen) atoms. The first-order chi connectivity index (χ1) is 16.5. The highest BCUT2D eigenvalue weighted by Gasteiger charge is 2.19. The van der Waals surface area contributed by atoms with Crippen molar-refractivity contribution in [3.8, 4) is 5.69 Å². The molecule has 0 unspecified atom stereocenters. The zero-order chi connectivity index (χ0) is 23.7. The predicted octanol–water partition coefficient (Wildman–Crippen LogP) is 6.16. The van der Waals surface area contributed by atoms with Crippen molar-refractivity contribution in [2.75, 3.05) is 0 Å². The highest BCUT2D eigenvalue weighted by atomic mass is 35.5. The SMILES string of the molecule is Cc1nn(-c2ccccc2)c(Sc2cccc3cccnc23)c1/C=C/C(=O)c1nn(C)cc1Cl. The molecule has 0 aliphatic rings. The van der Waals surface area contributed by atoms with Crippen LogP contribution in [-0.2, 0) is 7.05 Å². The molecule has 0 saturated heterocycles. The van der Waals surface area contributed by atoms with Gasteiger partial charge in [-0.05, 0) is 43.3 Å². The van der Waals surface area contributed by atoms with Gasteiger partial charge in [-0.15, -0.1) is 0 Å². The van der Waals surface area contributed by atoms with E-state index in [2.05, 4.69) is 10.1 Å². The van der Waals surface area contributed by atoms with Crippen LogP contribution < -0.4 is 0 Å². The van der Waals surface area contributed by atoms with Crippen LogP contribution in [0.25, 0.3) is 22.7 Å². The fourth-order valence-electron chi connectivity index (χ4n) is 3.68. The van der Waals surface area contributed by atoms with Crippen molar-refractivity contribution in [3.63, 3.8) is 0 Å². The maximum atomic E-state index is 12.8. The Kier molecular flexibility index (Phi) is 6.04. The van der Waals surface area contributed by atoms with Crippen LogP contribution in [0, 0.1) is 6.92 Å². The van der Waals surface area contributed by atoms with Gasteiger partial charge in [0.15, 0.2) is 5.69 Å². The third-order valence-electron chi connectivity index (χ3n) is 5.28. The molecule has 0 radical (unpaired) electrons. The van der Waals surface area contributed by atoms with E-state index >= 15 is 0 Å². The van der Waals surface area contributed by atoms with Crippen LogP contribution in [0.15, 0.2) is 89.1 Å². The number of carbonyl (C=O) groups is 1. The van der Waals surface area contributed by atoms with Crippen molar-refractivity contribution in [2.24, 2.45) is 7.05 Å². The first kappa shape index (κ1) is 22.1. The fraction of sp³-hybridized carbons (Fsp3) is 0.0769. The van der Waals surface area contributed by atoms with Gasteiger partial charge in [-0.25, -0.2) is 4.68 Å². The molecule has 5 rings (SSSR count). The summed E-state index contributed by atoms with van der Waals surface area (Å²) in [6.45, 7) is 1.93. The molecule has 0 amide bonds. The first-order valence-corrected chi connectivity index (χ1v) is 11.8. The normalized spacial score (nSPS) is 11.5. The van der Waals surface area contributed by atoms with Gasteiger partial charge in [0.2, 0.25) is 5.78 Å². The van der Waals surface area contributed by atoms with E-state index in [1.807, 2.05) is 72.3 Å². The predicted molar refractivity (Wildman–Crippen MR) is 136 cm³/mol. The quantitative estimate of drug-likeness (QED) is 0.213. The first-order valence-electron chi connectivity index (χ1n) is 10.6. The lowest BCUT2D eigenvalue weighted by Gasteiger charge is -2.10. The molecule has 0 aliphatic heterocycles. The van der Waals surface area contributed by atoms with Gasteiger partial charge in [0.05, 0.1) is 21.9 Å². The van der Waals surface area contributed by atoms with Gasteiger partial charge in [-0.2, -0.15) is 10.2 Å². The minimum Gasteiger partial charge on any atom is -0.287 e. The monoisotopic (exact) mass is 485 g/mol. The van der Waals surface area contributed by atoms with Crippen molar-refractivity contribution in [1.29, 1.82) is 0 Å². The standard InChI is InChI=1S/C26H20ClN5OS/c1-17-20(13-14-22(33)25-21(27)16-31(2)30-25)26(32(29-17)19-10-4-3-5-11-19)34-23-12-6-8-18-9-7-15-28-24(18)23/h3-16H,1-2H3/b14-13+. The lowest BCUT2D eigenvalue weighted by atomic mass is 10.2. The van der Waals surface area contributed by atoms with E-state index in [9.17, 15) is 4.79 Å². The maximum Gasteiger partial charge on any atom is 0.207 e. The number of halogens is 1. The van der Waals surface area contributed by atoms with Gasteiger partial charge in [-0.3, -0.25) is 14.5 Å². The molecule has 0 N–H and O–H groups in total. The minimum atomic E-state index is -0.264. The maximum absolute atomic E-state index is 12.8. The second-order valence-corrected chi connectivity index (χ2v) is 9.12. The summed E-state index contributed by atoms with van der Waals surface area (Å²) in [4.78, 5) is 18.4. The number of para-hydroxylation sites is 2. The molecule has 168 valence electrons. The summed E-state index contributed by atoms with van der Waals surface area (Å²) in [6.07, 6.45) is 6.69. The summed E-state index contributed by atoms with van der Waals surface area (Å²) >= 11 is 7.74. The molecule has 3 aromatic heterocycles. The van der Waals surface area contributed by atoms with E-state index in [1.54, 1.807) is 37.3 Å². The van der Waals surface area contributed by atoms with E-state index in [0.717, 1.165) is 37.8 Å². The summed E-state index contributed by atoms with van der Waals surface area (Å²) < 4.78 is 3.43. The van der Waals surface area contributed by atoms with Crippen molar-refractivity contribution in [2.45, 2.75) is 16.8 Å². The number of nitrogens with zero attached hydrogens (tertiary/aromatic N) is 5. The Morgan fingerprint density at radius 1 is 1.03 bits per heavy atom. The van der Waals surface area contributed by atoms with Gasteiger partial charge in [0.1, 0.15) is 5.03 Å². The molecule has 6 nitrogen and oxygen atoms in total. The van der Waals surface area contributed by atoms with E-state index in [1.165, 1.54) is 10.8 Å². The fourth-order valence-corrected chi connectivity index (χ4v) is 5.13. The Labute approximate surface area is 205 Å². The molecule has 3 heterocycles. The van der Waals surface area contributed by atoms with Crippen molar-refractivity contribution in [1.82, 2.24) is 24.5 Å². The Balaban J connectivity index is 1.61. The average molecular weight is 486 g/mol. The Morgan fingerprint density at radius 2 is 1.82 bits per heavy atom. The summed E-state index contributed by atoms with van der Waals surface area (Å²) in [5.74, 6) is -0.264. The number of aryl methyl sites for hydroxylation is 2. The van der Waals surface area contributed by atoms with E-state index in [-0.39, 0.29) is 11.5 Å². The third-order valence-corrected chi connectivity index (χ3v) is 6.70. The molecule has 8 heteroatoms. The van der Waals surface area contributed by atoms with Crippen LogP contribution in [0.3, 0.4) is 0 Å². The third kappa shape index (κ3) is 4.27. The Morgan fingerprint density at radius 3 is 2.59 bits per heavy atom. The smallest absolute Gasteiger partial charge is 0.207 e. The highest BCUT2D eigenvalue weighted by Crippen LogP contribution is 2.37. The number of rotatable bonds is 6. The molecule has 0 saturated carbocycles. The van der Waals surface area contributed by atoms with E-state index < -0.39 is 0 Å². The summed E-state index contributed by atoms with van der Waals surface area (Å²) in [5.41, 5.74) is 3.72. The molecule has 5 aromatic rings. The lowest BCUT2D eigenvalue weighted by molar-refractivity contribution is 0.104. The topological polar surface area (TPSA) is 65.6 Å². The minimum absolute atomic E-state index is 0.223. The second-order valence-electron chi connectivity index (χ2n) is 7.68. The number of aromatic nitrogens is 5. The van der Waals surface area contributed by atoms with Crippen molar-refractivity contribution >= 4 is 46.1 Å². The molecule has 2 aromatic carbocycles. The summed E-state index contributed by atoms with van der Waals surface area (Å²) in [5, 5.41) is 11.2. The van der Waals surface area contributed by atoms with Crippen LogP contribution >= 0.6 is 23.4 Å². The Bertz CT molecular complexity index is 1530. The second kappa shape index (κ2) is 9.29. The van der Waals surface area contributed by atoms with Gasteiger partial charge < -0.3 is 0 Å². The molecule has 0 bridgehead atoms. The lowest BCUT2D eigenvalue weighted by Crippen LogP contribution is -1.99. The summed E-state index contributed by atoms with van der Waals surface area (Å²) in [6, 6.07) is 20.0. The van der Waals surface area contributed by atoms with Gasteiger partial charge in [-0.1, -0.05) is 59.8 Å². The van der Waals surface area contributed by atoms with Crippen molar-refractivity contribution < 1.29 is 4.79 Å². The van der Waals surface area contributed by atoms with Crippen LogP contribution in [0.4, 0.5) is 0 Å². The van der Waals surface area contributed by atoms with Crippen LogP contribution in [0.2, 0.25) is 5.02 Å². The number of carbonyl (C=O) groups excluding carboxylic acids is 1. The average Bonchev–Trinajstić information content (AvgIpc) is 3.36. The van der Waals surface area contributed by atoms with Gasteiger partial charge in [0.25, 0.3) is 0 Å². The molecule has 0 atom stereocenters. The number of hydrogen-bond donors (Lipinski definition) is 0. The number of benzene rings is 2. The van der Waals surface area contributed by atoms with E-state index in [4.69, 9.17) is 16.7 Å². The largest absolute Gasteiger partial charge is 0.287 e. The van der Waals surface area contributed by atoms with Gasteiger partial charge in [0, 0.05) is 35.3 Å². The van der Waals surface area contributed by atoms with Crippen LogP contribution in [0.1, 0.15) is 21.7 Å². The molecular formula is C26H20ClN5OS. The number of fused-ring (bicyclic) bond motifs is 1. The zero-order valence-electron chi connectivity index (χ0n) is 18.5. The molecule has 0 aliphatic carbocycles. The van der Waals surface area contributed by atoms with Crippen LogP contribution in [0.5, 0.6) is 0 Å². The van der Waals surface area contributed by atoms with E-state index in [0.29, 0.717) is 5.02 Å². The van der Waals surface area contributed by atoms with Crippen molar-refractivity contribution in [3.05, 3.63) is 101 Å². The molecular weight excluding hydrogens is 466 g/mol. The molecule has 0 fully saturated rings.